The van der Waals surface area contributed by atoms with Crippen LogP contribution >= 0.6 is 0 Å². The van der Waals surface area contributed by atoms with Crippen molar-refractivity contribution in [2.45, 2.75) is 37.5 Å². The molecule has 1 unspecified atom stereocenters. The van der Waals surface area contributed by atoms with Crippen LogP contribution in [0.5, 0.6) is 0 Å². The number of aliphatic carboxylic acids is 1. The van der Waals surface area contributed by atoms with Gasteiger partial charge in [0, 0.05) is 13.0 Å². The molecule has 94 valence electrons. The molecule has 0 aliphatic carbocycles. The molecule has 2 amide bonds. The molecule has 0 aromatic carbocycles. The Morgan fingerprint density at radius 3 is 2.59 bits per heavy atom. The Labute approximate surface area is 97.5 Å². The molecule has 2 heterocycles. The monoisotopic (exact) mass is 242 g/mol. The highest BCUT2D eigenvalue weighted by atomic mass is 16.5. The molecule has 7 heteroatoms. The van der Waals surface area contributed by atoms with Gasteiger partial charge in [-0.3, -0.25) is 9.59 Å². The minimum absolute atomic E-state index is 0.0916. The number of hydrogen-bond acceptors (Lipinski definition) is 4. The van der Waals surface area contributed by atoms with Crippen LogP contribution in [0.1, 0.15) is 19.3 Å². The van der Waals surface area contributed by atoms with Gasteiger partial charge in [0.1, 0.15) is 6.10 Å². The first-order valence-electron chi connectivity index (χ1n) is 5.51. The van der Waals surface area contributed by atoms with Crippen LogP contribution in [0, 0.1) is 0 Å². The minimum atomic E-state index is -1.04. The third kappa shape index (κ3) is 2.73. The van der Waals surface area contributed by atoms with E-state index in [1.807, 2.05) is 0 Å². The lowest BCUT2D eigenvalue weighted by molar-refractivity contribution is -0.151. The number of amides is 2. The largest absolute Gasteiger partial charge is 0.479 e. The number of ether oxygens (including phenoxy) is 1. The van der Waals surface area contributed by atoms with Crippen LogP contribution in [-0.4, -0.2) is 47.7 Å². The third-order valence-corrected chi connectivity index (χ3v) is 2.91. The quantitative estimate of drug-likeness (QED) is 0.566. The van der Waals surface area contributed by atoms with Gasteiger partial charge in [0.2, 0.25) is 11.8 Å². The number of nitrogens with one attached hydrogen (secondary N) is 2. The molecular weight excluding hydrogens is 228 g/mol. The summed E-state index contributed by atoms with van der Waals surface area (Å²) in [5.41, 5.74) is 0. The van der Waals surface area contributed by atoms with Crippen molar-refractivity contribution in [2.75, 3.05) is 6.54 Å². The summed E-state index contributed by atoms with van der Waals surface area (Å²) >= 11 is 0. The number of carbonyl (C=O) groups is 3. The highest BCUT2D eigenvalue weighted by molar-refractivity contribution is 5.85. The summed E-state index contributed by atoms with van der Waals surface area (Å²) < 4.78 is 5.10. The lowest BCUT2D eigenvalue weighted by Crippen LogP contribution is -2.42. The van der Waals surface area contributed by atoms with E-state index in [1.54, 1.807) is 0 Å². The summed E-state index contributed by atoms with van der Waals surface area (Å²) in [7, 11) is 0. The van der Waals surface area contributed by atoms with Crippen molar-refractivity contribution >= 4 is 17.8 Å². The molecule has 0 spiro atoms. The second kappa shape index (κ2) is 4.70. The van der Waals surface area contributed by atoms with Crippen molar-refractivity contribution < 1.29 is 24.2 Å². The van der Waals surface area contributed by atoms with Gasteiger partial charge in [-0.05, 0) is 12.8 Å². The maximum atomic E-state index is 11.7. The van der Waals surface area contributed by atoms with Crippen molar-refractivity contribution in [3.63, 3.8) is 0 Å². The minimum Gasteiger partial charge on any atom is -0.479 e. The SMILES string of the molecule is O=C1CC(NC(=O)[C@@H]2CC[C@H](C(=O)O)O2)CN1. The van der Waals surface area contributed by atoms with Gasteiger partial charge in [0.15, 0.2) is 6.10 Å². The molecule has 0 bridgehead atoms. The first kappa shape index (κ1) is 11.8. The Bertz CT molecular complexity index is 357. The molecular formula is C10H14N2O5. The molecule has 0 aromatic rings. The highest BCUT2D eigenvalue weighted by Gasteiger charge is 2.36. The number of carboxylic acid groups (broad SMARTS) is 1. The zero-order valence-corrected chi connectivity index (χ0v) is 9.14. The van der Waals surface area contributed by atoms with E-state index in [2.05, 4.69) is 10.6 Å². The van der Waals surface area contributed by atoms with Gasteiger partial charge in [-0.2, -0.15) is 0 Å². The fraction of sp³-hybridized carbons (Fsp3) is 0.700. The average Bonchev–Trinajstić information content (AvgIpc) is 2.86. The maximum absolute atomic E-state index is 11.7. The summed E-state index contributed by atoms with van der Waals surface area (Å²) in [4.78, 5) is 33.3. The van der Waals surface area contributed by atoms with Crippen molar-refractivity contribution in [2.24, 2.45) is 0 Å². The van der Waals surface area contributed by atoms with E-state index in [0.717, 1.165) is 0 Å². The third-order valence-electron chi connectivity index (χ3n) is 2.91. The van der Waals surface area contributed by atoms with E-state index in [1.165, 1.54) is 0 Å². The Kier molecular flexibility index (Phi) is 3.28. The van der Waals surface area contributed by atoms with Gasteiger partial charge in [-0.15, -0.1) is 0 Å². The molecule has 2 saturated heterocycles. The van der Waals surface area contributed by atoms with Gasteiger partial charge in [-0.1, -0.05) is 0 Å². The highest BCUT2D eigenvalue weighted by Crippen LogP contribution is 2.20. The zero-order valence-electron chi connectivity index (χ0n) is 9.14. The van der Waals surface area contributed by atoms with Crippen molar-refractivity contribution in [3.8, 4) is 0 Å². The van der Waals surface area contributed by atoms with Gasteiger partial charge in [-0.25, -0.2) is 4.79 Å². The molecule has 2 rings (SSSR count). The van der Waals surface area contributed by atoms with E-state index in [9.17, 15) is 14.4 Å². The van der Waals surface area contributed by atoms with Gasteiger partial charge >= 0.3 is 5.97 Å². The summed E-state index contributed by atoms with van der Waals surface area (Å²) in [6.07, 6.45) is -0.603. The summed E-state index contributed by atoms with van der Waals surface area (Å²) in [6.45, 7) is 0.416. The van der Waals surface area contributed by atoms with Crippen LogP contribution in [0.15, 0.2) is 0 Å². The van der Waals surface area contributed by atoms with Crippen LogP contribution in [-0.2, 0) is 19.1 Å². The van der Waals surface area contributed by atoms with Crippen molar-refractivity contribution in [1.82, 2.24) is 10.6 Å². The zero-order chi connectivity index (χ0) is 12.4. The average molecular weight is 242 g/mol. The van der Waals surface area contributed by atoms with Crippen LogP contribution in [0.2, 0.25) is 0 Å². The normalized spacial score (nSPS) is 32.2. The second-order valence-electron chi connectivity index (χ2n) is 4.24. The van der Waals surface area contributed by atoms with E-state index in [0.29, 0.717) is 19.4 Å². The first-order valence-corrected chi connectivity index (χ1v) is 5.51. The number of rotatable bonds is 3. The Hall–Kier alpha value is -1.63. The number of hydrogen-bond donors (Lipinski definition) is 3. The van der Waals surface area contributed by atoms with Crippen LogP contribution in [0.25, 0.3) is 0 Å². The van der Waals surface area contributed by atoms with Gasteiger partial charge in [0.05, 0.1) is 6.04 Å². The Morgan fingerprint density at radius 1 is 1.35 bits per heavy atom. The van der Waals surface area contributed by atoms with E-state index in [-0.39, 0.29) is 24.3 Å². The number of carbonyl (C=O) groups excluding carboxylic acids is 2. The lowest BCUT2D eigenvalue weighted by atomic mass is 10.1. The Morgan fingerprint density at radius 2 is 2.06 bits per heavy atom. The van der Waals surface area contributed by atoms with Crippen LogP contribution < -0.4 is 10.6 Å². The van der Waals surface area contributed by atoms with Crippen molar-refractivity contribution in [3.05, 3.63) is 0 Å². The van der Waals surface area contributed by atoms with Crippen LogP contribution in [0.4, 0.5) is 0 Å². The smallest absolute Gasteiger partial charge is 0.332 e. The maximum Gasteiger partial charge on any atom is 0.332 e. The predicted octanol–water partition coefficient (Wildman–Crippen LogP) is -1.38. The Balaban J connectivity index is 1.81. The molecule has 2 aliphatic rings. The molecule has 0 saturated carbocycles. The fourth-order valence-electron chi connectivity index (χ4n) is 2.01. The van der Waals surface area contributed by atoms with Crippen LogP contribution in [0.3, 0.4) is 0 Å². The molecule has 17 heavy (non-hydrogen) atoms. The summed E-state index contributed by atoms with van der Waals surface area (Å²) in [5, 5.41) is 14.0. The molecule has 7 nitrogen and oxygen atoms in total. The van der Waals surface area contributed by atoms with E-state index < -0.39 is 18.2 Å². The molecule has 0 aromatic heterocycles. The van der Waals surface area contributed by atoms with Crippen molar-refractivity contribution in [1.29, 1.82) is 0 Å². The fourth-order valence-corrected chi connectivity index (χ4v) is 2.01. The molecule has 2 aliphatic heterocycles. The van der Waals surface area contributed by atoms with E-state index >= 15 is 0 Å². The molecule has 3 N–H and O–H groups in total. The van der Waals surface area contributed by atoms with Gasteiger partial charge in [0.25, 0.3) is 0 Å². The standard InChI is InChI=1S/C10H14N2O5/c13-8-3-5(4-11-8)12-9(14)6-1-2-7(17-6)10(15)16/h5-7H,1-4H2,(H,11,13)(H,12,14)(H,15,16)/t5?,6-,7+/m0/s1. The summed E-state index contributed by atoms with van der Waals surface area (Å²) in [6, 6.07) is -0.220. The number of carboxylic acids is 1. The molecule has 2 fully saturated rings. The molecule has 0 radical (unpaired) electrons. The lowest BCUT2D eigenvalue weighted by Gasteiger charge is -2.15. The van der Waals surface area contributed by atoms with E-state index in [4.69, 9.17) is 9.84 Å². The topological polar surface area (TPSA) is 105 Å². The molecule has 3 atom stereocenters. The first-order chi connectivity index (χ1) is 8.06. The second-order valence-corrected chi connectivity index (χ2v) is 4.24. The summed E-state index contributed by atoms with van der Waals surface area (Å²) in [5.74, 6) is -1.47. The van der Waals surface area contributed by atoms with Gasteiger partial charge < -0.3 is 20.5 Å². The predicted molar refractivity (Wildman–Crippen MR) is 55.1 cm³/mol.